The highest BCUT2D eigenvalue weighted by molar-refractivity contribution is 5.93. The lowest BCUT2D eigenvalue weighted by molar-refractivity contribution is 0.101. The summed E-state index contributed by atoms with van der Waals surface area (Å²) in [6.45, 7) is 5.61. The van der Waals surface area contributed by atoms with Gasteiger partial charge in [-0.05, 0) is 37.5 Å². The molecular formula is C16H18N2O3. The Morgan fingerprint density at radius 3 is 2.24 bits per heavy atom. The molecule has 0 saturated carbocycles. The molecule has 0 radical (unpaired) electrons. The third-order valence-electron chi connectivity index (χ3n) is 3.70. The maximum absolute atomic E-state index is 12.2. The van der Waals surface area contributed by atoms with Gasteiger partial charge >= 0.3 is 5.69 Å². The minimum atomic E-state index is -0.551. The third kappa shape index (κ3) is 2.72. The largest absolute Gasteiger partial charge is 0.331 e. The van der Waals surface area contributed by atoms with Crippen molar-refractivity contribution < 1.29 is 4.79 Å². The van der Waals surface area contributed by atoms with Gasteiger partial charge in [-0.1, -0.05) is 18.2 Å². The monoisotopic (exact) mass is 286 g/mol. The SMILES string of the molecule is CC(=O)c1cn(Cc2c(C)cccc2C)c(=O)n(C)c1=O. The molecule has 0 atom stereocenters. The van der Waals surface area contributed by atoms with Gasteiger partial charge in [0.25, 0.3) is 5.56 Å². The van der Waals surface area contributed by atoms with E-state index in [1.54, 1.807) is 0 Å². The lowest BCUT2D eigenvalue weighted by Gasteiger charge is -2.13. The lowest BCUT2D eigenvalue weighted by Crippen LogP contribution is -2.40. The van der Waals surface area contributed by atoms with E-state index in [1.807, 2.05) is 32.0 Å². The summed E-state index contributed by atoms with van der Waals surface area (Å²) in [6, 6.07) is 5.90. The molecule has 0 bridgehead atoms. The molecule has 1 aromatic carbocycles. The fraction of sp³-hybridized carbons (Fsp3) is 0.312. The fourth-order valence-electron chi connectivity index (χ4n) is 2.35. The molecule has 0 amide bonds. The first kappa shape index (κ1) is 15.0. The molecule has 0 saturated heterocycles. The summed E-state index contributed by atoms with van der Waals surface area (Å²) in [5, 5.41) is 0. The normalized spacial score (nSPS) is 10.7. The summed E-state index contributed by atoms with van der Waals surface area (Å²) in [6.07, 6.45) is 1.36. The molecule has 0 aliphatic heterocycles. The van der Waals surface area contributed by atoms with Crippen molar-refractivity contribution in [1.29, 1.82) is 0 Å². The van der Waals surface area contributed by atoms with Gasteiger partial charge in [-0.3, -0.25) is 18.7 Å². The number of carbonyl (C=O) groups excluding carboxylic acids is 1. The van der Waals surface area contributed by atoms with Gasteiger partial charge < -0.3 is 0 Å². The maximum atomic E-state index is 12.2. The molecule has 2 rings (SSSR count). The van der Waals surface area contributed by atoms with Gasteiger partial charge in [0.05, 0.1) is 12.1 Å². The van der Waals surface area contributed by atoms with Crippen LogP contribution in [0.25, 0.3) is 0 Å². The standard InChI is InChI=1S/C16H18N2O3/c1-10-6-5-7-11(2)13(10)8-18-9-14(12(3)19)15(20)17(4)16(18)21/h5-7,9H,8H2,1-4H3. The van der Waals surface area contributed by atoms with Crippen LogP contribution in [-0.4, -0.2) is 14.9 Å². The second-order valence-corrected chi connectivity index (χ2v) is 5.24. The zero-order valence-electron chi connectivity index (χ0n) is 12.6. The van der Waals surface area contributed by atoms with Crippen LogP contribution in [0.15, 0.2) is 34.0 Å². The smallest absolute Gasteiger partial charge is 0.295 e. The van der Waals surface area contributed by atoms with Crippen molar-refractivity contribution in [3.05, 3.63) is 67.5 Å². The first-order chi connectivity index (χ1) is 9.82. The summed E-state index contributed by atoms with van der Waals surface area (Å²) in [7, 11) is 1.39. The summed E-state index contributed by atoms with van der Waals surface area (Å²) in [5.74, 6) is -0.342. The average Bonchev–Trinajstić information content (AvgIpc) is 2.42. The van der Waals surface area contributed by atoms with E-state index in [9.17, 15) is 14.4 Å². The second kappa shape index (κ2) is 5.52. The Morgan fingerprint density at radius 1 is 1.14 bits per heavy atom. The van der Waals surface area contributed by atoms with Gasteiger partial charge in [-0.2, -0.15) is 0 Å². The van der Waals surface area contributed by atoms with Gasteiger partial charge in [0.2, 0.25) is 0 Å². The fourth-order valence-corrected chi connectivity index (χ4v) is 2.35. The van der Waals surface area contributed by atoms with E-state index in [0.29, 0.717) is 6.54 Å². The molecule has 110 valence electrons. The zero-order chi connectivity index (χ0) is 15.7. The lowest BCUT2D eigenvalue weighted by atomic mass is 10.0. The van der Waals surface area contributed by atoms with Crippen LogP contribution < -0.4 is 11.2 Å². The Kier molecular flexibility index (Phi) is 3.93. The van der Waals surface area contributed by atoms with Crippen LogP contribution in [0, 0.1) is 13.8 Å². The molecular weight excluding hydrogens is 268 g/mol. The minimum absolute atomic E-state index is 0.0309. The van der Waals surface area contributed by atoms with Crippen molar-refractivity contribution in [2.75, 3.05) is 0 Å². The highest BCUT2D eigenvalue weighted by Crippen LogP contribution is 2.14. The number of carbonyl (C=O) groups is 1. The van der Waals surface area contributed by atoms with Gasteiger partial charge in [-0.15, -0.1) is 0 Å². The topological polar surface area (TPSA) is 61.1 Å². The molecule has 0 N–H and O–H groups in total. The van der Waals surface area contributed by atoms with Crippen LogP contribution in [0.2, 0.25) is 0 Å². The molecule has 5 nitrogen and oxygen atoms in total. The summed E-state index contributed by atoms with van der Waals surface area (Å²) in [5.41, 5.74) is 2.22. The Labute approximate surface area is 122 Å². The van der Waals surface area contributed by atoms with Crippen molar-refractivity contribution in [3.63, 3.8) is 0 Å². The van der Waals surface area contributed by atoms with Crippen LogP contribution >= 0.6 is 0 Å². The first-order valence-corrected chi connectivity index (χ1v) is 6.69. The Bertz CT molecular complexity index is 808. The highest BCUT2D eigenvalue weighted by Gasteiger charge is 2.13. The van der Waals surface area contributed by atoms with E-state index in [4.69, 9.17) is 0 Å². The summed E-state index contributed by atoms with van der Waals surface area (Å²) in [4.78, 5) is 35.6. The van der Waals surface area contributed by atoms with E-state index in [1.165, 1.54) is 24.7 Å². The molecule has 0 aliphatic carbocycles. The van der Waals surface area contributed by atoms with Crippen molar-refractivity contribution >= 4 is 5.78 Å². The third-order valence-corrected chi connectivity index (χ3v) is 3.70. The molecule has 0 fully saturated rings. The Morgan fingerprint density at radius 2 is 1.71 bits per heavy atom. The minimum Gasteiger partial charge on any atom is -0.295 e. The van der Waals surface area contributed by atoms with Gasteiger partial charge in [-0.25, -0.2) is 4.79 Å². The summed E-state index contributed by atoms with van der Waals surface area (Å²) >= 11 is 0. The number of benzene rings is 1. The maximum Gasteiger partial charge on any atom is 0.331 e. The van der Waals surface area contributed by atoms with Crippen molar-refractivity contribution in [1.82, 2.24) is 9.13 Å². The highest BCUT2D eigenvalue weighted by atomic mass is 16.2. The number of hydrogen-bond donors (Lipinski definition) is 0. The quantitative estimate of drug-likeness (QED) is 0.802. The predicted octanol–water partition coefficient (Wildman–Crippen LogP) is 1.41. The molecule has 1 aromatic heterocycles. The summed E-state index contributed by atoms with van der Waals surface area (Å²) < 4.78 is 2.39. The zero-order valence-corrected chi connectivity index (χ0v) is 12.6. The Hall–Kier alpha value is -2.43. The molecule has 1 heterocycles. The van der Waals surface area contributed by atoms with Gasteiger partial charge in [0.15, 0.2) is 5.78 Å². The van der Waals surface area contributed by atoms with Crippen LogP contribution in [0.3, 0.4) is 0 Å². The van der Waals surface area contributed by atoms with Crippen LogP contribution in [-0.2, 0) is 13.6 Å². The van der Waals surface area contributed by atoms with E-state index in [-0.39, 0.29) is 11.3 Å². The van der Waals surface area contributed by atoms with Crippen molar-refractivity contribution in [2.45, 2.75) is 27.3 Å². The molecule has 21 heavy (non-hydrogen) atoms. The van der Waals surface area contributed by atoms with E-state index in [2.05, 4.69) is 0 Å². The van der Waals surface area contributed by atoms with E-state index < -0.39 is 11.2 Å². The number of rotatable bonds is 3. The average molecular weight is 286 g/mol. The molecule has 0 spiro atoms. The van der Waals surface area contributed by atoms with Gasteiger partial charge in [0.1, 0.15) is 0 Å². The number of Topliss-reactive ketones (excluding diaryl/α,β-unsaturated/α-hetero) is 1. The van der Waals surface area contributed by atoms with Crippen LogP contribution in [0.5, 0.6) is 0 Å². The van der Waals surface area contributed by atoms with Crippen LogP contribution in [0.4, 0.5) is 0 Å². The second-order valence-electron chi connectivity index (χ2n) is 5.24. The number of aryl methyl sites for hydroxylation is 2. The molecule has 0 unspecified atom stereocenters. The molecule has 5 heteroatoms. The number of nitrogens with zero attached hydrogens (tertiary/aromatic N) is 2. The predicted molar refractivity (Wildman–Crippen MR) is 81.0 cm³/mol. The van der Waals surface area contributed by atoms with Crippen LogP contribution in [0.1, 0.15) is 34.0 Å². The molecule has 0 aliphatic rings. The van der Waals surface area contributed by atoms with Crippen molar-refractivity contribution in [3.8, 4) is 0 Å². The van der Waals surface area contributed by atoms with E-state index >= 15 is 0 Å². The number of ketones is 1. The Balaban J connectivity index is 2.63. The van der Waals surface area contributed by atoms with Crippen molar-refractivity contribution in [2.24, 2.45) is 7.05 Å². The molecule has 2 aromatic rings. The number of aromatic nitrogens is 2. The number of hydrogen-bond acceptors (Lipinski definition) is 3. The first-order valence-electron chi connectivity index (χ1n) is 6.69. The van der Waals surface area contributed by atoms with E-state index in [0.717, 1.165) is 21.3 Å². The van der Waals surface area contributed by atoms with Gasteiger partial charge in [0, 0.05) is 13.2 Å².